The highest BCUT2D eigenvalue weighted by Crippen LogP contribution is 2.39. The maximum atomic E-state index is 11.1. The van der Waals surface area contributed by atoms with E-state index in [2.05, 4.69) is 10.2 Å². The Morgan fingerprint density at radius 1 is 1.50 bits per heavy atom. The first-order valence-electron chi connectivity index (χ1n) is 7.44. The molecule has 2 N–H and O–H groups in total. The summed E-state index contributed by atoms with van der Waals surface area (Å²) >= 11 is 0. The molecule has 0 radical (unpaired) electrons. The summed E-state index contributed by atoms with van der Waals surface area (Å²) in [6.45, 7) is 5.36. The lowest BCUT2D eigenvalue weighted by Gasteiger charge is -2.35. The number of phenols is 1. The molecule has 1 fully saturated rings. The molecule has 7 nitrogen and oxygen atoms in total. The monoisotopic (exact) mass is 304 g/mol. The number of hydrogen-bond acceptors (Lipinski definition) is 6. The van der Waals surface area contributed by atoms with Crippen LogP contribution in [-0.2, 0) is 0 Å². The van der Waals surface area contributed by atoms with Crippen molar-refractivity contribution in [2.24, 2.45) is 0 Å². The Bertz CT molecular complexity index is 591. The summed E-state index contributed by atoms with van der Waals surface area (Å²) < 4.78 is 0. The molecule has 0 aliphatic carbocycles. The fraction of sp³-hybridized carbons (Fsp3) is 0.533. The largest absolute Gasteiger partial charge is 0.502 e. The van der Waals surface area contributed by atoms with Crippen LogP contribution in [0.3, 0.4) is 0 Å². The maximum Gasteiger partial charge on any atom is 0.312 e. The standard InChI is InChI=1S/C15H20N4O3/c1-2-3-13(18-6-4-17-5-7-18)12-8-11(10-16)9-14(15(12)20)19(21)22/h8-9,13,17,20H,2-7H2,1H3/t13-/m1/s1. The second kappa shape index (κ2) is 7.20. The molecule has 118 valence electrons. The van der Waals surface area contributed by atoms with Gasteiger partial charge in [-0.25, -0.2) is 0 Å². The van der Waals surface area contributed by atoms with Gasteiger partial charge in [0.25, 0.3) is 0 Å². The Kier molecular flexibility index (Phi) is 5.31. The molecule has 1 aromatic rings. The SMILES string of the molecule is CCC[C@H](c1cc(C#N)cc([N+](=O)[O-])c1O)N1CCNCC1. The van der Waals surface area contributed by atoms with E-state index in [1.165, 1.54) is 0 Å². The third-order valence-electron chi connectivity index (χ3n) is 3.96. The van der Waals surface area contributed by atoms with E-state index < -0.39 is 10.6 Å². The van der Waals surface area contributed by atoms with Crippen LogP contribution in [0, 0.1) is 21.4 Å². The summed E-state index contributed by atoms with van der Waals surface area (Å²) in [4.78, 5) is 12.7. The molecular formula is C15H20N4O3. The van der Waals surface area contributed by atoms with Crippen molar-refractivity contribution in [3.05, 3.63) is 33.4 Å². The smallest absolute Gasteiger partial charge is 0.312 e. The third kappa shape index (κ3) is 3.35. The van der Waals surface area contributed by atoms with E-state index in [0.717, 1.165) is 45.1 Å². The average molecular weight is 304 g/mol. The zero-order valence-corrected chi connectivity index (χ0v) is 12.6. The highest BCUT2D eigenvalue weighted by atomic mass is 16.6. The highest BCUT2D eigenvalue weighted by Gasteiger charge is 2.28. The van der Waals surface area contributed by atoms with Gasteiger partial charge in [-0.1, -0.05) is 13.3 Å². The number of nitro benzene ring substituents is 1. The van der Waals surface area contributed by atoms with Gasteiger partial charge in [0.15, 0.2) is 5.75 Å². The van der Waals surface area contributed by atoms with E-state index >= 15 is 0 Å². The summed E-state index contributed by atoms with van der Waals surface area (Å²) in [6.07, 6.45) is 1.66. The molecule has 2 rings (SSSR count). The van der Waals surface area contributed by atoms with Gasteiger partial charge in [-0.3, -0.25) is 15.0 Å². The summed E-state index contributed by atoms with van der Waals surface area (Å²) in [5.74, 6) is -0.319. The number of rotatable bonds is 5. The van der Waals surface area contributed by atoms with Crippen molar-refractivity contribution in [2.75, 3.05) is 26.2 Å². The van der Waals surface area contributed by atoms with Gasteiger partial charge in [0.1, 0.15) is 0 Å². The molecule has 22 heavy (non-hydrogen) atoms. The van der Waals surface area contributed by atoms with Gasteiger partial charge >= 0.3 is 5.69 Å². The number of aromatic hydroxyl groups is 1. The van der Waals surface area contributed by atoms with E-state index in [4.69, 9.17) is 5.26 Å². The number of piperazine rings is 1. The van der Waals surface area contributed by atoms with Gasteiger partial charge in [-0.05, 0) is 12.5 Å². The van der Waals surface area contributed by atoms with Crippen molar-refractivity contribution in [3.63, 3.8) is 0 Å². The van der Waals surface area contributed by atoms with E-state index in [0.29, 0.717) is 5.56 Å². The molecule has 7 heteroatoms. The molecule has 1 saturated heterocycles. The lowest BCUT2D eigenvalue weighted by atomic mass is 9.96. The van der Waals surface area contributed by atoms with Gasteiger partial charge in [-0.2, -0.15) is 5.26 Å². The quantitative estimate of drug-likeness (QED) is 0.636. The van der Waals surface area contributed by atoms with E-state index in [-0.39, 0.29) is 17.4 Å². The summed E-state index contributed by atoms with van der Waals surface area (Å²) in [5, 5.41) is 33.8. The van der Waals surface area contributed by atoms with Crippen LogP contribution in [0.1, 0.15) is 36.9 Å². The second-order valence-electron chi connectivity index (χ2n) is 5.39. The number of phenolic OH excluding ortho intramolecular Hbond substituents is 1. The predicted molar refractivity (Wildman–Crippen MR) is 81.6 cm³/mol. The molecule has 0 unspecified atom stereocenters. The molecule has 0 amide bonds. The Balaban J connectivity index is 2.47. The lowest BCUT2D eigenvalue weighted by Crippen LogP contribution is -2.45. The van der Waals surface area contributed by atoms with Crippen LogP contribution in [0.4, 0.5) is 5.69 Å². The molecule has 0 saturated carbocycles. The second-order valence-corrected chi connectivity index (χ2v) is 5.39. The van der Waals surface area contributed by atoms with Gasteiger partial charge in [-0.15, -0.1) is 0 Å². The highest BCUT2D eigenvalue weighted by molar-refractivity contribution is 5.57. The molecule has 1 atom stereocenters. The number of hydrogen-bond donors (Lipinski definition) is 2. The van der Waals surface area contributed by atoms with Crippen LogP contribution in [0.5, 0.6) is 5.75 Å². The molecule has 0 bridgehead atoms. The Labute approximate surface area is 129 Å². The molecule has 0 spiro atoms. The number of benzene rings is 1. The van der Waals surface area contributed by atoms with Gasteiger partial charge < -0.3 is 10.4 Å². The summed E-state index contributed by atoms with van der Waals surface area (Å²) in [7, 11) is 0. The van der Waals surface area contributed by atoms with Gasteiger partial charge in [0.05, 0.1) is 16.6 Å². The van der Waals surface area contributed by atoms with Crippen LogP contribution in [0.2, 0.25) is 0 Å². The van der Waals surface area contributed by atoms with Gasteiger partial charge in [0, 0.05) is 43.9 Å². The molecular weight excluding hydrogens is 284 g/mol. The predicted octanol–water partition coefficient (Wildman–Crippen LogP) is 1.92. The summed E-state index contributed by atoms with van der Waals surface area (Å²) in [5.41, 5.74) is 0.288. The average Bonchev–Trinajstić information content (AvgIpc) is 2.53. The number of nitrogens with zero attached hydrogens (tertiary/aromatic N) is 3. The molecule has 1 aromatic carbocycles. The normalized spacial score (nSPS) is 16.9. The van der Waals surface area contributed by atoms with E-state index in [1.807, 2.05) is 13.0 Å². The summed E-state index contributed by atoms with van der Waals surface area (Å²) in [6, 6.07) is 4.53. The van der Waals surface area contributed by atoms with E-state index in [1.54, 1.807) is 6.07 Å². The zero-order chi connectivity index (χ0) is 16.1. The Morgan fingerprint density at radius 2 is 2.18 bits per heavy atom. The van der Waals surface area contributed by atoms with E-state index in [9.17, 15) is 15.2 Å². The molecule has 0 aromatic heterocycles. The first kappa shape index (κ1) is 16.2. The van der Waals surface area contributed by atoms with Crippen molar-refractivity contribution >= 4 is 5.69 Å². The maximum absolute atomic E-state index is 11.1. The number of nitro groups is 1. The van der Waals surface area contributed by atoms with Crippen molar-refractivity contribution in [3.8, 4) is 11.8 Å². The first-order valence-corrected chi connectivity index (χ1v) is 7.44. The third-order valence-corrected chi connectivity index (χ3v) is 3.96. The Hall–Kier alpha value is -2.17. The molecule has 1 aliphatic rings. The number of nitrogens with one attached hydrogen (secondary N) is 1. The minimum atomic E-state index is -0.638. The van der Waals surface area contributed by atoms with Crippen LogP contribution >= 0.6 is 0 Å². The van der Waals surface area contributed by atoms with Crippen molar-refractivity contribution < 1.29 is 10.0 Å². The van der Waals surface area contributed by atoms with Crippen LogP contribution in [0.25, 0.3) is 0 Å². The molecule has 1 heterocycles. The van der Waals surface area contributed by atoms with Crippen molar-refractivity contribution in [1.82, 2.24) is 10.2 Å². The van der Waals surface area contributed by atoms with Gasteiger partial charge in [0.2, 0.25) is 0 Å². The van der Waals surface area contributed by atoms with Crippen LogP contribution in [-0.4, -0.2) is 41.1 Å². The van der Waals surface area contributed by atoms with Crippen LogP contribution in [0.15, 0.2) is 12.1 Å². The zero-order valence-electron chi connectivity index (χ0n) is 12.6. The van der Waals surface area contributed by atoms with Crippen LogP contribution < -0.4 is 5.32 Å². The fourth-order valence-electron chi connectivity index (χ4n) is 2.90. The minimum absolute atomic E-state index is 0.112. The van der Waals surface area contributed by atoms with Crippen molar-refractivity contribution in [2.45, 2.75) is 25.8 Å². The Morgan fingerprint density at radius 3 is 2.73 bits per heavy atom. The van der Waals surface area contributed by atoms with Crippen molar-refractivity contribution in [1.29, 1.82) is 5.26 Å². The first-order chi connectivity index (χ1) is 10.6. The minimum Gasteiger partial charge on any atom is -0.502 e. The fourth-order valence-corrected chi connectivity index (χ4v) is 2.90. The topological polar surface area (TPSA) is 102 Å². The number of nitriles is 1. The lowest BCUT2D eigenvalue weighted by molar-refractivity contribution is -0.386. The molecule has 1 aliphatic heterocycles.